The topological polar surface area (TPSA) is 17.8 Å². The third kappa shape index (κ3) is 2.54. The van der Waals surface area contributed by atoms with Gasteiger partial charge in [-0.15, -0.1) is 0 Å². The van der Waals surface area contributed by atoms with Crippen molar-refractivity contribution >= 4 is 11.6 Å². The van der Waals surface area contributed by atoms with Gasteiger partial charge < -0.3 is 0 Å². The normalized spacial score (nSPS) is 10.6. The Kier molecular flexibility index (Phi) is 3.10. The van der Waals surface area contributed by atoms with Crippen LogP contribution in [0.25, 0.3) is 16.8 Å². The predicted octanol–water partition coefficient (Wildman–Crippen LogP) is 4.50. The summed E-state index contributed by atoms with van der Waals surface area (Å²) in [6, 6.07) is 18.1. The average molecular weight is 269 g/mol. The molecular formula is C16H13ClN2. The molecule has 0 N–H and O–H groups in total. The van der Waals surface area contributed by atoms with E-state index >= 15 is 0 Å². The minimum atomic E-state index is 0.748. The van der Waals surface area contributed by atoms with Gasteiger partial charge >= 0.3 is 0 Å². The van der Waals surface area contributed by atoms with Gasteiger partial charge in [0.05, 0.1) is 11.4 Å². The second-order valence-corrected chi connectivity index (χ2v) is 4.90. The van der Waals surface area contributed by atoms with E-state index in [0.717, 1.165) is 27.5 Å². The molecule has 94 valence electrons. The molecule has 0 spiro atoms. The summed E-state index contributed by atoms with van der Waals surface area (Å²) in [5.74, 6) is 0. The highest BCUT2D eigenvalue weighted by Gasteiger charge is 2.02. The molecular weight excluding hydrogens is 256 g/mol. The van der Waals surface area contributed by atoms with Crippen molar-refractivity contribution in [3.8, 4) is 16.8 Å². The molecule has 0 radical (unpaired) electrons. The lowest BCUT2D eigenvalue weighted by atomic mass is 10.1. The van der Waals surface area contributed by atoms with Crippen LogP contribution in [0.5, 0.6) is 0 Å². The Morgan fingerprint density at radius 1 is 0.947 bits per heavy atom. The van der Waals surface area contributed by atoms with Crippen molar-refractivity contribution in [1.82, 2.24) is 9.78 Å². The minimum absolute atomic E-state index is 0.748. The molecule has 1 aromatic heterocycles. The van der Waals surface area contributed by atoms with E-state index in [-0.39, 0.29) is 0 Å². The van der Waals surface area contributed by atoms with Crippen molar-refractivity contribution in [2.24, 2.45) is 0 Å². The van der Waals surface area contributed by atoms with Gasteiger partial charge in [-0.3, -0.25) is 0 Å². The fourth-order valence-corrected chi connectivity index (χ4v) is 2.25. The number of aryl methyl sites for hydroxylation is 1. The summed E-state index contributed by atoms with van der Waals surface area (Å²) in [4.78, 5) is 0. The van der Waals surface area contributed by atoms with Crippen LogP contribution in [0.15, 0.2) is 60.8 Å². The largest absolute Gasteiger partial charge is 0.241 e. The number of hydrogen-bond donors (Lipinski definition) is 0. The smallest absolute Gasteiger partial charge is 0.0651 e. The third-order valence-electron chi connectivity index (χ3n) is 2.99. The molecule has 0 atom stereocenters. The number of halogens is 1. The van der Waals surface area contributed by atoms with E-state index in [2.05, 4.69) is 23.3 Å². The van der Waals surface area contributed by atoms with Crippen LogP contribution in [-0.4, -0.2) is 9.78 Å². The molecule has 2 aromatic carbocycles. The summed E-state index contributed by atoms with van der Waals surface area (Å²) in [6.45, 7) is 1.98. The van der Waals surface area contributed by atoms with Gasteiger partial charge in [0.1, 0.15) is 0 Å². The maximum Gasteiger partial charge on any atom is 0.0651 e. The molecule has 0 bridgehead atoms. The number of benzene rings is 2. The summed E-state index contributed by atoms with van der Waals surface area (Å²) >= 11 is 6.04. The first-order valence-corrected chi connectivity index (χ1v) is 6.49. The number of hydrogen-bond acceptors (Lipinski definition) is 1. The number of aromatic nitrogens is 2. The Morgan fingerprint density at radius 2 is 1.68 bits per heavy atom. The van der Waals surface area contributed by atoms with E-state index in [0.29, 0.717) is 0 Å². The lowest BCUT2D eigenvalue weighted by Gasteiger charge is -2.06. The van der Waals surface area contributed by atoms with Crippen molar-refractivity contribution in [3.63, 3.8) is 0 Å². The third-order valence-corrected chi connectivity index (χ3v) is 3.23. The predicted molar refractivity (Wildman–Crippen MR) is 78.7 cm³/mol. The van der Waals surface area contributed by atoms with Crippen LogP contribution in [0.4, 0.5) is 0 Å². The molecule has 0 aliphatic heterocycles. The minimum Gasteiger partial charge on any atom is -0.241 e. The van der Waals surface area contributed by atoms with Crippen LogP contribution < -0.4 is 0 Å². The first-order chi connectivity index (χ1) is 9.22. The average Bonchev–Trinajstić information content (AvgIpc) is 2.86. The first-order valence-electron chi connectivity index (χ1n) is 6.11. The highest BCUT2D eigenvalue weighted by molar-refractivity contribution is 6.30. The second kappa shape index (κ2) is 4.90. The molecule has 3 heteroatoms. The van der Waals surface area contributed by atoms with E-state index in [1.807, 2.05) is 54.2 Å². The van der Waals surface area contributed by atoms with Crippen molar-refractivity contribution in [1.29, 1.82) is 0 Å². The van der Waals surface area contributed by atoms with E-state index in [1.165, 1.54) is 0 Å². The molecule has 0 saturated heterocycles. The maximum absolute atomic E-state index is 6.04. The van der Waals surface area contributed by atoms with Gasteiger partial charge in [-0.05, 0) is 48.4 Å². The molecule has 0 unspecified atom stereocenters. The fraction of sp³-hybridized carbons (Fsp3) is 0.0625. The van der Waals surface area contributed by atoms with E-state index < -0.39 is 0 Å². The zero-order valence-electron chi connectivity index (χ0n) is 10.5. The van der Waals surface area contributed by atoms with E-state index in [1.54, 1.807) is 0 Å². The molecule has 1 heterocycles. The van der Waals surface area contributed by atoms with Crippen molar-refractivity contribution in [2.75, 3.05) is 0 Å². The fourth-order valence-electron chi connectivity index (χ4n) is 2.05. The van der Waals surface area contributed by atoms with Crippen molar-refractivity contribution in [2.45, 2.75) is 6.92 Å². The molecule has 3 rings (SSSR count). The standard InChI is InChI=1S/C16H13ClN2/c1-12-8-9-19(18-12)16-7-3-5-14(11-16)13-4-2-6-15(17)10-13/h2-11H,1H3. The number of rotatable bonds is 2. The Hall–Kier alpha value is -2.06. The maximum atomic E-state index is 6.04. The van der Waals surface area contributed by atoms with Gasteiger partial charge in [0.25, 0.3) is 0 Å². The Morgan fingerprint density at radius 3 is 2.37 bits per heavy atom. The van der Waals surface area contributed by atoms with Crippen molar-refractivity contribution in [3.05, 3.63) is 71.5 Å². The first kappa shape index (κ1) is 12.0. The lowest BCUT2D eigenvalue weighted by molar-refractivity contribution is 0.863. The molecule has 0 saturated carbocycles. The lowest BCUT2D eigenvalue weighted by Crippen LogP contribution is -1.95. The molecule has 2 nitrogen and oxygen atoms in total. The summed E-state index contributed by atoms with van der Waals surface area (Å²) in [7, 11) is 0. The zero-order valence-corrected chi connectivity index (χ0v) is 11.3. The monoisotopic (exact) mass is 268 g/mol. The molecule has 3 aromatic rings. The molecule has 0 fully saturated rings. The number of nitrogens with zero attached hydrogens (tertiary/aromatic N) is 2. The van der Waals surface area contributed by atoms with Gasteiger partial charge in [-0.2, -0.15) is 5.10 Å². The van der Waals surface area contributed by atoms with Crippen molar-refractivity contribution < 1.29 is 0 Å². The van der Waals surface area contributed by atoms with Gasteiger partial charge in [0, 0.05) is 11.2 Å². The summed E-state index contributed by atoms with van der Waals surface area (Å²) < 4.78 is 1.88. The zero-order chi connectivity index (χ0) is 13.2. The summed E-state index contributed by atoms with van der Waals surface area (Å²) in [6.07, 6.45) is 1.96. The van der Waals surface area contributed by atoms with Crippen LogP contribution in [-0.2, 0) is 0 Å². The molecule has 0 aliphatic rings. The molecule has 0 amide bonds. The summed E-state index contributed by atoms with van der Waals surface area (Å²) in [5.41, 5.74) is 4.30. The van der Waals surface area contributed by atoms with Gasteiger partial charge in [-0.1, -0.05) is 35.9 Å². The van der Waals surface area contributed by atoms with Crippen LogP contribution in [0, 0.1) is 6.92 Å². The SMILES string of the molecule is Cc1ccn(-c2cccc(-c3cccc(Cl)c3)c2)n1. The second-order valence-electron chi connectivity index (χ2n) is 4.46. The Bertz CT molecular complexity index is 716. The highest BCUT2D eigenvalue weighted by Crippen LogP contribution is 2.24. The van der Waals surface area contributed by atoms with Crippen LogP contribution in [0.2, 0.25) is 5.02 Å². The van der Waals surface area contributed by atoms with Gasteiger partial charge in [0.15, 0.2) is 0 Å². The Labute approximate surface area is 117 Å². The van der Waals surface area contributed by atoms with Crippen LogP contribution in [0.3, 0.4) is 0 Å². The van der Waals surface area contributed by atoms with E-state index in [4.69, 9.17) is 11.6 Å². The highest BCUT2D eigenvalue weighted by atomic mass is 35.5. The molecule has 0 aliphatic carbocycles. The Balaban J connectivity index is 2.05. The van der Waals surface area contributed by atoms with Gasteiger partial charge in [0.2, 0.25) is 0 Å². The van der Waals surface area contributed by atoms with Crippen LogP contribution >= 0.6 is 11.6 Å². The quantitative estimate of drug-likeness (QED) is 0.669. The van der Waals surface area contributed by atoms with Gasteiger partial charge in [-0.25, -0.2) is 4.68 Å². The van der Waals surface area contributed by atoms with E-state index in [9.17, 15) is 0 Å². The molecule has 19 heavy (non-hydrogen) atoms. The van der Waals surface area contributed by atoms with Crippen LogP contribution in [0.1, 0.15) is 5.69 Å². The summed E-state index contributed by atoms with van der Waals surface area (Å²) in [5, 5.41) is 5.17.